The van der Waals surface area contributed by atoms with Gasteiger partial charge in [-0.3, -0.25) is 0 Å². The lowest BCUT2D eigenvalue weighted by Crippen LogP contribution is -2.23. The Morgan fingerprint density at radius 3 is 2.50 bits per heavy atom. The van der Waals surface area contributed by atoms with Crippen molar-refractivity contribution in [1.29, 1.82) is 0 Å². The number of thiazole rings is 1. The monoisotopic (exact) mass is 343 g/mol. The van der Waals surface area contributed by atoms with E-state index in [2.05, 4.69) is 4.98 Å². The van der Waals surface area contributed by atoms with Crippen LogP contribution in [0.3, 0.4) is 0 Å². The molecule has 1 heterocycles. The van der Waals surface area contributed by atoms with Crippen molar-refractivity contribution in [3.63, 3.8) is 0 Å². The minimum atomic E-state index is -1.49. The van der Waals surface area contributed by atoms with Gasteiger partial charge >= 0.3 is 0 Å². The highest BCUT2D eigenvalue weighted by Gasteiger charge is 2.29. The molecule has 5 heteroatoms. The van der Waals surface area contributed by atoms with E-state index < -0.39 is 17.2 Å². The van der Waals surface area contributed by atoms with Crippen LogP contribution < -0.4 is 0 Å². The van der Waals surface area contributed by atoms with Gasteiger partial charge in [-0.2, -0.15) is 0 Å². The van der Waals surface area contributed by atoms with E-state index in [0.717, 1.165) is 17.7 Å². The van der Waals surface area contributed by atoms with E-state index in [1.54, 1.807) is 0 Å². The van der Waals surface area contributed by atoms with E-state index in [1.807, 2.05) is 47.9 Å². The highest BCUT2D eigenvalue weighted by atomic mass is 32.1. The van der Waals surface area contributed by atoms with Gasteiger partial charge < -0.3 is 5.11 Å². The fourth-order valence-electron chi connectivity index (χ4n) is 2.25. The first-order chi connectivity index (χ1) is 11.5. The SMILES string of the molecule is CC(O)(c1ccc(F)c(F)c1)c1nc(/C=C/c2ccccc2)cs1. The Hall–Kier alpha value is -2.37. The molecule has 0 aliphatic carbocycles. The molecule has 0 bridgehead atoms. The molecule has 1 N–H and O–H groups in total. The van der Waals surface area contributed by atoms with Crippen molar-refractivity contribution >= 4 is 23.5 Å². The van der Waals surface area contributed by atoms with Crippen LogP contribution in [0.1, 0.15) is 28.8 Å². The van der Waals surface area contributed by atoms with Gasteiger partial charge in [0.15, 0.2) is 11.6 Å². The van der Waals surface area contributed by atoms with Gasteiger partial charge in [0.25, 0.3) is 0 Å². The zero-order valence-corrected chi connectivity index (χ0v) is 13.7. The lowest BCUT2D eigenvalue weighted by molar-refractivity contribution is 0.101. The van der Waals surface area contributed by atoms with Gasteiger partial charge in [0.1, 0.15) is 10.6 Å². The number of hydrogen-bond donors (Lipinski definition) is 1. The van der Waals surface area contributed by atoms with E-state index in [4.69, 9.17) is 0 Å². The molecule has 0 saturated heterocycles. The zero-order valence-electron chi connectivity index (χ0n) is 12.9. The molecular formula is C19H15F2NOS. The zero-order chi connectivity index (χ0) is 17.2. The van der Waals surface area contributed by atoms with Gasteiger partial charge in [0.05, 0.1) is 5.69 Å². The van der Waals surface area contributed by atoms with Crippen LogP contribution in [0.15, 0.2) is 53.9 Å². The van der Waals surface area contributed by atoms with Crippen LogP contribution in [0.25, 0.3) is 12.2 Å². The Kier molecular flexibility index (Phi) is 4.55. The summed E-state index contributed by atoms with van der Waals surface area (Å²) in [5.74, 6) is -1.94. The maximum Gasteiger partial charge on any atom is 0.159 e. The molecule has 0 radical (unpaired) electrons. The van der Waals surface area contributed by atoms with Gasteiger partial charge in [-0.25, -0.2) is 13.8 Å². The van der Waals surface area contributed by atoms with Crippen LogP contribution in [0.5, 0.6) is 0 Å². The Morgan fingerprint density at radius 2 is 1.79 bits per heavy atom. The summed E-state index contributed by atoms with van der Waals surface area (Å²) in [6.45, 7) is 1.52. The number of halogens is 2. The van der Waals surface area contributed by atoms with Crippen LogP contribution in [-0.4, -0.2) is 10.1 Å². The smallest absolute Gasteiger partial charge is 0.159 e. The lowest BCUT2D eigenvalue weighted by atomic mass is 9.96. The van der Waals surface area contributed by atoms with E-state index in [0.29, 0.717) is 10.7 Å². The first-order valence-corrected chi connectivity index (χ1v) is 8.22. The first-order valence-electron chi connectivity index (χ1n) is 7.34. The third kappa shape index (κ3) is 3.42. The van der Waals surface area contributed by atoms with Crippen LogP contribution in [0.4, 0.5) is 8.78 Å². The molecule has 0 spiro atoms. The molecular weight excluding hydrogens is 328 g/mol. The van der Waals surface area contributed by atoms with Crippen molar-refractivity contribution < 1.29 is 13.9 Å². The van der Waals surface area contributed by atoms with Crippen molar-refractivity contribution in [3.8, 4) is 0 Å². The molecule has 0 saturated carbocycles. The van der Waals surface area contributed by atoms with E-state index in [9.17, 15) is 13.9 Å². The summed E-state index contributed by atoms with van der Waals surface area (Å²) < 4.78 is 26.5. The summed E-state index contributed by atoms with van der Waals surface area (Å²) >= 11 is 1.27. The summed E-state index contributed by atoms with van der Waals surface area (Å²) in [7, 11) is 0. The Morgan fingerprint density at radius 1 is 1.04 bits per heavy atom. The topological polar surface area (TPSA) is 33.1 Å². The number of aromatic nitrogens is 1. The van der Waals surface area contributed by atoms with E-state index >= 15 is 0 Å². The van der Waals surface area contributed by atoms with Crippen molar-refractivity contribution in [2.45, 2.75) is 12.5 Å². The van der Waals surface area contributed by atoms with Gasteiger partial charge in [0.2, 0.25) is 0 Å². The van der Waals surface area contributed by atoms with Gasteiger partial charge in [0, 0.05) is 5.38 Å². The minimum absolute atomic E-state index is 0.259. The quantitative estimate of drug-likeness (QED) is 0.735. The van der Waals surface area contributed by atoms with Crippen LogP contribution >= 0.6 is 11.3 Å². The summed E-state index contributed by atoms with van der Waals surface area (Å²) in [5.41, 5.74) is 0.508. The van der Waals surface area contributed by atoms with Crippen molar-refractivity contribution in [2.75, 3.05) is 0 Å². The van der Waals surface area contributed by atoms with Gasteiger partial charge in [-0.1, -0.05) is 42.5 Å². The number of hydrogen-bond acceptors (Lipinski definition) is 3. The Labute approximate surface area is 142 Å². The Bertz CT molecular complexity index is 872. The molecule has 3 aromatic rings. The van der Waals surface area contributed by atoms with E-state index in [-0.39, 0.29) is 5.56 Å². The summed E-state index contributed by atoms with van der Waals surface area (Å²) in [4.78, 5) is 4.39. The molecule has 1 unspecified atom stereocenters. The summed E-state index contributed by atoms with van der Waals surface area (Å²) in [6, 6.07) is 13.1. The second-order valence-electron chi connectivity index (χ2n) is 5.52. The molecule has 1 aromatic heterocycles. The molecule has 122 valence electrons. The average molecular weight is 343 g/mol. The third-order valence-corrected chi connectivity index (χ3v) is 4.74. The fourth-order valence-corrected chi connectivity index (χ4v) is 3.12. The summed E-state index contributed by atoms with van der Waals surface area (Å²) in [6.07, 6.45) is 3.77. The van der Waals surface area contributed by atoms with E-state index in [1.165, 1.54) is 24.3 Å². The second kappa shape index (κ2) is 6.63. The van der Waals surface area contributed by atoms with Crippen molar-refractivity contribution in [1.82, 2.24) is 4.98 Å². The highest BCUT2D eigenvalue weighted by molar-refractivity contribution is 7.09. The van der Waals surface area contributed by atoms with Crippen molar-refractivity contribution in [2.24, 2.45) is 0 Å². The predicted molar refractivity (Wildman–Crippen MR) is 92.5 cm³/mol. The largest absolute Gasteiger partial charge is 0.378 e. The molecule has 2 aromatic carbocycles. The molecule has 1 atom stereocenters. The summed E-state index contributed by atoms with van der Waals surface area (Å²) in [5, 5.41) is 12.9. The first kappa shape index (κ1) is 16.5. The van der Waals surface area contributed by atoms with Crippen molar-refractivity contribution in [3.05, 3.63) is 87.4 Å². The molecule has 0 aliphatic heterocycles. The second-order valence-corrected chi connectivity index (χ2v) is 6.38. The minimum Gasteiger partial charge on any atom is -0.378 e. The number of rotatable bonds is 4. The average Bonchev–Trinajstić information content (AvgIpc) is 3.06. The molecule has 0 fully saturated rings. The molecule has 24 heavy (non-hydrogen) atoms. The number of nitrogens with zero attached hydrogens (tertiary/aromatic N) is 1. The maximum absolute atomic E-state index is 13.4. The normalized spacial score (nSPS) is 14.0. The number of aliphatic hydroxyl groups is 1. The standard InChI is InChI=1S/C19H15F2NOS/c1-19(23,14-8-10-16(20)17(21)11-14)18-22-15(12-24-18)9-7-13-5-3-2-4-6-13/h2-12,23H,1H3/b9-7+. The third-order valence-electron chi connectivity index (χ3n) is 3.67. The lowest BCUT2D eigenvalue weighted by Gasteiger charge is -2.21. The highest BCUT2D eigenvalue weighted by Crippen LogP contribution is 2.32. The van der Waals surface area contributed by atoms with Crippen LogP contribution in [0.2, 0.25) is 0 Å². The fraction of sp³-hybridized carbons (Fsp3) is 0.105. The van der Waals surface area contributed by atoms with Gasteiger partial charge in [-0.05, 0) is 36.3 Å². The number of benzene rings is 2. The maximum atomic E-state index is 13.4. The molecule has 2 nitrogen and oxygen atoms in total. The molecule has 0 aliphatic rings. The van der Waals surface area contributed by atoms with Crippen LogP contribution in [0, 0.1) is 11.6 Å². The predicted octanol–water partition coefficient (Wildman–Crippen LogP) is 4.85. The van der Waals surface area contributed by atoms with Gasteiger partial charge in [-0.15, -0.1) is 11.3 Å². The molecule has 3 rings (SSSR count). The Balaban J connectivity index is 1.86. The van der Waals surface area contributed by atoms with Crippen LogP contribution in [-0.2, 0) is 5.60 Å². The molecule has 0 amide bonds.